The molecule has 2 unspecified atom stereocenters. The van der Waals surface area contributed by atoms with Gasteiger partial charge < -0.3 is 10.5 Å². The van der Waals surface area contributed by atoms with Gasteiger partial charge in [-0.05, 0) is 25.0 Å². The van der Waals surface area contributed by atoms with Crippen LogP contribution in [0.1, 0.15) is 24.9 Å². The van der Waals surface area contributed by atoms with Gasteiger partial charge >= 0.3 is 0 Å². The van der Waals surface area contributed by atoms with Crippen LogP contribution in [0.2, 0.25) is 0 Å². The van der Waals surface area contributed by atoms with Crippen LogP contribution in [0.25, 0.3) is 0 Å². The molecule has 1 aromatic rings. The number of nitrogens with two attached hydrogens (primary N) is 1. The zero-order valence-corrected chi connectivity index (χ0v) is 12.4. The lowest BCUT2D eigenvalue weighted by Crippen LogP contribution is -2.37. The van der Waals surface area contributed by atoms with Gasteiger partial charge in [0.05, 0.1) is 6.10 Å². The van der Waals surface area contributed by atoms with Gasteiger partial charge in [-0.2, -0.15) is 0 Å². The van der Waals surface area contributed by atoms with Gasteiger partial charge in [0, 0.05) is 36.8 Å². The highest BCUT2D eigenvalue weighted by Gasteiger charge is 2.24. The smallest absolute Gasteiger partial charge is 0.0674 e. The van der Waals surface area contributed by atoms with E-state index in [1.54, 1.807) is 0 Å². The minimum absolute atomic E-state index is 0.268. The van der Waals surface area contributed by atoms with E-state index in [0.717, 1.165) is 30.6 Å². The maximum absolute atomic E-state index is 6.00. The highest BCUT2D eigenvalue weighted by Crippen LogP contribution is 2.28. The van der Waals surface area contributed by atoms with E-state index in [1.807, 2.05) is 6.07 Å². The zero-order valence-electron chi connectivity index (χ0n) is 10.8. The SMILES string of the molecule is CC1CN(C(CN)c2ccccc2Br)CCCO1. The lowest BCUT2D eigenvalue weighted by molar-refractivity contribution is 0.0611. The fourth-order valence-corrected chi connectivity index (χ4v) is 3.08. The summed E-state index contributed by atoms with van der Waals surface area (Å²) in [6, 6.07) is 8.61. The van der Waals surface area contributed by atoms with Gasteiger partial charge in [0.15, 0.2) is 0 Å². The number of halogens is 1. The molecule has 18 heavy (non-hydrogen) atoms. The summed E-state index contributed by atoms with van der Waals surface area (Å²) in [4.78, 5) is 2.44. The van der Waals surface area contributed by atoms with Crippen molar-refractivity contribution < 1.29 is 4.74 Å². The summed E-state index contributed by atoms with van der Waals surface area (Å²) in [7, 11) is 0. The van der Waals surface area contributed by atoms with Gasteiger partial charge in [-0.15, -0.1) is 0 Å². The summed E-state index contributed by atoms with van der Waals surface area (Å²) in [5.74, 6) is 0. The predicted octanol–water partition coefficient (Wildman–Crippen LogP) is 2.56. The molecule has 4 heteroatoms. The van der Waals surface area contributed by atoms with Crippen molar-refractivity contribution in [3.05, 3.63) is 34.3 Å². The predicted molar refractivity (Wildman–Crippen MR) is 77.5 cm³/mol. The number of rotatable bonds is 3. The van der Waals surface area contributed by atoms with Crippen molar-refractivity contribution in [2.45, 2.75) is 25.5 Å². The molecule has 2 N–H and O–H groups in total. The van der Waals surface area contributed by atoms with Crippen LogP contribution in [0, 0.1) is 0 Å². The molecule has 0 aromatic heterocycles. The number of benzene rings is 1. The second-order valence-electron chi connectivity index (χ2n) is 4.80. The second kappa shape index (κ2) is 6.66. The molecule has 1 saturated heterocycles. The molecule has 1 fully saturated rings. The number of hydrogen-bond acceptors (Lipinski definition) is 3. The van der Waals surface area contributed by atoms with Gasteiger partial charge in [0.1, 0.15) is 0 Å². The molecule has 1 aliphatic heterocycles. The van der Waals surface area contributed by atoms with E-state index in [1.165, 1.54) is 5.56 Å². The molecular formula is C14H21BrN2O. The van der Waals surface area contributed by atoms with Gasteiger partial charge in [0.2, 0.25) is 0 Å². The zero-order chi connectivity index (χ0) is 13.0. The van der Waals surface area contributed by atoms with E-state index in [0.29, 0.717) is 6.54 Å². The average Bonchev–Trinajstić information content (AvgIpc) is 2.57. The van der Waals surface area contributed by atoms with Crippen molar-refractivity contribution in [1.29, 1.82) is 0 Å². The Morgan fingerprint density at radius 3 is 3.00 bits per heavy atom. The first-order chi connectivity index (χ1) is 8.72. The Labute approximate surface area is 117 Å². The second-order valence-corrected chi connectivity index (χ2v) is 5.66. The molecule has 100 valence electrons. The number of nitrogens with zero attached hydrogens (tertiary/aromatic N) is 1. The lowest BCUT2D eigenvalue weighted by atomic mass is 10.0. The van der Waals surface area contributed by atoms with Gasteiger partial charge in [-0.25, -0.2) is 0 Å². The van der Waals surface area contributed by atoms with Crippen LogP contribution in [0.4, 0.5) is 0 Å². The van der Waals surface area contributed by atoms with Gasteiger partial charge in [0.25, 0.3) is 0 Å². The molecule has 3 nitrogen and oxygen atoms in total. The van der Waals surface area contributed by atoms with E-state index < -0.39 is 0 Å². The third-order valence-electron chi connectivity index (χ3n) is 3.41. The summed E-state index contributed by atoms with van der Waals surface area (Å²) >= 11 is 3.63. The molecule has 2 rings (SSSR count). The maximum atomic E-state index is 6.00. The minimum Gasteiger partial charge on any atom is -0.377 e. The number of ether oxygens (including phenoxy) is 1. The van der Waals surface area contributed by atoms with E-state index in [4.69, 9.17) is 10.5 Å². The van der Waals surface area contributed by atoms with Crippen molar-refractivity contribution in [2.75, 3.05) is 26.2 Å². The Bertz CT molecular complexity index is 386. The highest BCUT2D eigenvalue weighted by atomic mass is 79.9. The van der Waals surface area contributed by atoms with Crippen molar-refractivity contribution in [3.8, 4) is 0 Å². The Morgan fingerprint density at radius 2 is 2.28 bits per heavy atom. The average molecular weight is 313 g/mol. The molecule has 1 aliphatic rings. The minimum atomic E-state index is 0.268. The summed E-state index contributed by atoms with van der Waals surface area (Å²) in [5.41, 5.74) is 7.27. The van der Waals surface area contributed by atoms with Gasteiger partial charge in [-0.1, -0.05) is 34.1 Å². The van der Waals surface area contributed by atoms with E-state index in [2.05, 4.69) is 46.0 Å². The Morgan fingerprint density at radius 1 is 1.50 bits per heavy atom. The van der Waals surface area contributed by atoms with Crippen LogP contribution in [0.3, 0.4) is 0 Å². The van der Waals surface area contributed by atoms with Crippen LogP contribution in [-0.2, 0) is 4.74 Å². The standard InChI is InChI=1S/C14H21BrN2O/c1-11-10-17(7-4-8-18-11)14(9-16)12-5-2-3-6-13(12)15/h2-3,5-6,11,14H,4,7-10,16H2,1H3. The Balaban J connectivity index is 2.19. The molecular weight excluding hydrogens is 292 g/mol. The molecule has 0 amide bonds. The van der Waals surface area contributed by atoms with Crippen LogP contribution in [-0.4, -0.2) is 37.2 Å². The molecule has 1 aromatic carbocycles. The van der Waals surface area contributed by atoms with E-state index in [9.17, 15) is 0 Å². The first-order valence-corrected chi connectivity index (χ1v) is 7.32. The van der Waals surface area contributed by atoms with Crippen molar-refractivity contribution in [2.24, 2.45) is 5.73 Å². The third kappa shape index (κ3) is 3.32. The molecule has 0 saturated carbocycles. The Hall–Kier alpha value is -0.420. The topological polar surface area (TPSA) is 38.5 Å². The number of hydrogen-bond donors (Lipinski definition) is 1. The Kier molecular flexibility index (Phi) is 5.18. The monoisotopic (exact) mass is 312 g/mol. The molecule has 0 aliphatic carbocycles. The molecule has 2 atom stereocenters. The van der Waals surface area contributed by atoms with Crippen LogP contribution in [0.15, 0.2) is 28.7 Å². The van der Waals surface area contributed by atoms with Crippen LogP contribution in [0.5, 0.6) is 0 Å². The maximum Gasteiger partial charge on any atom is 0.0674 e. The van der Waals surface area contributed by atoms with Crippen LogP contribution >= 0.6 is 15.9 Å². The van der Waals surface area contributed by atoms with Crippen molar-refractivity contribution in [3.63, 3.8) is 0 Å². The van der Waals surface area contributed by atoms with Crippen molar-refractivity contribution >= 4 is 15.9 Å². The van der Waals surface area contributed by atoms with Crippen molar-refractivity contribution in [1.82, 2.24) is 4.90 Å². The first-order valence-electron chi connectivity index (χ1n) is 6.52. The third-order valence-corrected chi connectivity index (χ3v) is 4.13. The summed E-state index contributed by atoms with van der Waals surface area (Å²) < 4.78 is 6.84. The highest BCUT2D eigenvalue weighted by molar-refractivity contribution is 9.10. The largest absolute Gasteiger partial charge is 0.377 e. The summed E-state index contributed by atoms with van der Waals surface area (Å²) in [6.07, 6.45) is 1.36. The summed E-state index contributed by atoms with van der Waals surface area (Å²) in [5, 5.41) is 0. The van der Waals surface area contributed by atoms with Crippen LogP contribution < -0.4 is 5.73 Å². The van der Waals surface area contributed by atoms with E-state index >= 15 is 0 Å². The fourth-order valence-electron chi connectivity index (χ4n) is 2.53. The van der Waals surface area contributed by atoms with E-state index in [-0.39, 0.29) is 12.1 Å². The molecule has 1 heterocycles. The molecule has 0 bridgehead atoms. The molecule has 0 radical (unpaired) electrons. The lowest BCUT2D eigenvalue weighted by Gasteiger charge is -2.31. The van der Waals surface area contributed by atoms with Gasteiger partial charge in [-0.3, -0.25) is 4.90 Å². The normalized spacial score (nSPS) is 23.6. The molecule has 0 spiro atoms. The first kappa shape index (κ1) is 14.0. The quantitative estimate of drug-likeness (QED) is 0.932. The summed E-state index contributed by atoms with van der Waals surface area (Å²) in [6.45, 7) is 5.61. The fraction of sp³-hybridized carbons (Fsp3) is 0.571.